The van der Waals surface area contributed by atoms with Crippen LogP contribution in [-0.4, -0.2) is 31.6 Å². The van der Waals surface area contributed by atoms with Gasteiger partial charge in [-0.1, -0.05) is 6.07 Å². The van der Waals surface area contributed by atoms with Crippen LogP contribution in [-0.2, 0) is 6.42 Å². The molecule has 0 aliphatic rings. The van der Waals surface area contributed by atoms with Crippen LogP contribution in [0.15, 0.2) is 17.5 Å². The van der Waals surface area contributed by atoms with Gasteiger partial charge in [0.1, 0.15) is 0 Å². The molecule has 13 heavy (non-hydrogen) atoms. The van der Waals surface area contributed by atoms with Gasteiger partial charge in [-0.05, 0) is 17.9 Å². The lowest BCUT2D eigenvalue weighted by Crippen LogP contribution is -2.36. The van der Waals surface area contributed by atoms with Crippen molar-refractivity contribution in [2.75, 3.05) is 20.6 Å². The predicted molar refractivity (Wildman–Crippen MR) is 55.1 cm³/mol. The van der Waals surface area contributed by atoms with E-state index in [0.717, 1.165) is 13.0 Å². The van der Waals surface area contributed by atoms with E-state index in [1.807, 2.05) is 6.07 Å². The zero-order valence-corrected chi connectivity index (χ0v) is 8.73. The van der Waals surface area contributed by atoms with E-state index < -0.39 is 0 Å². The maximum Gasteiger partial charge on any atom is 0.316 e. The van der Waals surface area contributed by atoms with E-state index in [4.69, 9.17) is 0 Å². The maximum atomic E-state index is 11.1. The van der Waals surface area contributed by atoms with Gasteiger partial charge in [-0.2, -0.15) is 0 Å². The van der Waals surface area contributed by atoms with Gasteiger partial charge in [-0.15, -0.1) is 11.3 Å². The Kier molecular flexibility index (Phi) is 3.76. The highest BCUT2D eigenvalue weighted by atomic mass is 32.1. The molecule has 0 aliphatic carbocycles. The molecule has 0 spiro atoms. The highest BCUT2D eigenvalue weighted by Crippen LogP contribution is 2.09. The number of nitrogens with zero attached hydrogens (tertiary/aromatic N) is 1. The summed E-state index contributed by atoms with van der Waals surface area (Å²) in [5, 5.41) is 4.64. The summed E-state index contributed by atoms with van der Waals surface area (Å²) in [5.41, 5.74) is 0. The van der Waals surface area contributed by atoms with Crippen molar-refractivity contribution < 1.29 is 4.79 Å². The lowest BCUT2D eigenvalue weighted by Gasteiger charge is -2.15. The third kappa shape index (κ3) is 3.06. The fraction of sp³-hybridized carbons (Fsp3) is 0.444. The Hall–Kier alpha value is -1.03. The summed E-state index contributed by atoms with van der Waals surface area (Å²) in [7, 11) is 3.44. The summed E-state index contributed by atoms with van der Waals surface area (Å²) >= 11 is 1.73. The number of likely N-dealkylation sites (N-methyl/N-ethyl adjacent to an activating group) is 1. The van der Waals surface area contributed by atoms with Gasteiger partial charge < -0.3 is 10.2 Å². The molecule has 2 amide bonds. The van der Waals surface area contributed by atoms with E-state index in [1.165, 1.54) is 4.88 Å². The first kappa shape index (κ1) is 10.1. The number of carbonyl (C=O) groups excluding carboxylic acids is 1. The summed E-state index contributed by atoms with van der Waals surface area (Å²) in [6, 6.07) is 4.08. The zero-order valence-electron chi connectivity index (χ0n) is 7.91. The molecule has 1 aromatic rings. The van der Waals surface area contributed by atoms with Crippen LogP contribution in [0.4, 0.5) is 4.79 Å². The van der Waals surface area contributed by atoms with Gasteiger partial charge in [0.15, 0.2) is 0 Å². The first-order valence-electron chi connectivity index (χ1n) is 4.19. The lowest BCUT2D eigenvalue weighted by molar-refractivity contribution is 0.212. The van der Waals surface area contributed by atoms with Gasteiger partial charge in [-0.25, -0.2) is 4.79 Å². The molecular weight excluding hydrogens is 184 g/mol. The van der Waals surface area contributed by atoms with E-state index in [2.05, 4.69) is 16.8 Å². The predicted octanol–water partition coefficient (Wildman–Crippen LogP) is 1.56. The molecule has 1 N–H and O–H groups in total. The Morgan fingerprint density at radius 2 is 2.46 bits per heavy atom. The van der Waals surface area contributed by atoms with Crippen molar-refractivity contribution in [2.24, 2.45) is 0 Å². The highest BCUT2D eigenvalue weighted by Gasteiger charge is 2.05. The minimum Gasteiger partial charge on any atom is -0.341 e. The fourth-order valence-corrected chi connectivity index (χ4v) is 1.72. The van der Waals surface area contributed by atoms with Crippen LogP contribution in [0.1, 0.15) is 4.88 Å². The summed E-state index contributed by atoms with van der Waals surface area (Å²) in [6.45, 7) is 0.764. The monoisotopic (exact) mass is 198 g/mol. The van der Waals surface area contributed by atoms with Gasteiger partial charge in [-0.3, -0.25) is 0 Å². The summed E-state index contributed by atoms with van der Waals surface area (Å²) in [5.74, 6) is 0. The van der Waals surface area contributed by atoms with Gasteiger partial charge in [0.25, 0.3) is 0 Å². The molecule has 72 valence electrons. The zero-order chi connectivity index (χ0) is 9.68. The standard InChI is InChI=1S/C9H14N2OS/c1-10-9(12)11(2)6-5-8-4-3-7-13-8/h3-4,7H,5-6H2,1-2H3,(H,10,12). The van der Waals surface area contributed by atoms with Crippen LogP contribution >= 0.6 is 11.3 Å². The SMILES string of the molecule is CNC(=O)N(C)CCc1cccs1. The maximum absolute atomic E-state index is 11.1. The molecule has 1 rings (SSSR count). The van der Waals surface area contributed by atoms with Crippen LogP contribution in [0.3, 0.4) is 0 Å². The fourth-order valence-electron chi connectivity index (χ4n) is 1.03. The van der Waals surface area contributed by atoms with Crippen LogP contribution in [0.5, 0.6) is 0 Å². The number of amides is 2. The second-order valence-corrected chi connectivity index (χ2v) is 3.84. The Balaban J connectivity index is 2.30. The summed E-state index contributed by atoms with van der Waals surface area (Å²) in [4.78, 5) is 14.1. The summed E-state index contributed by atoms with van der Waals surface area (Å²) < 4.78 is 0. The van der Waals surface area contributed by atoms with Crippen LogP contribution < -0.4 is 5.32 Å². The second-order valence-electron chi connectivity index (χ2n) is 2.81. The van der Waals surface area contributed by atoms with Gasteiger partial charge in [0.2, 0.25) is 0 Å². The molecule has 1 aromatic heterocycles. The number of hydrogen-bond donors (Lipinski definition) is 1. The van der Waals surface area contributed by atoms with Crippen molar-refractivity contribution in [3.05, 3.63) is 22.4 Å². The number of nitrogens with one attached hydrogen (secondary N) is 1. The van der Waals surface area contributed by atoms with E-state index in [9.17, 15) is 4.79 Å². The Morgan fingerprint density at radius 3 is 3.00 bits per heavy atom. The van der Waals surface area contributed by atoms with Crippen molar-refractivity contribution in [3.63, 3.8) is 0 Å². The summed E-state index contributed by atoms with van der Waals surface area (Å²) in [6.07, 6.45) is 0.932. The molecule has 4 heteroatoms. The quantitative estimate of drug-likeness (QED) is 0.785. The molecular formula is C9H14N2OS. The molecule has 0 saturated carbocycles. The van der Waals surface area contributed by atoms with Crippen LogP contribution in [0.2, 0.25) is 0 Å². The molecule has 0 fully saturated rings. The second kappa shape index (κ2) is 4.87. The average Bonchev–Trinajstić information content (AvgIpc) is 2.65. The highest BCUT2D eigenvalue weighted by molar-refractivity contribution is 7.09. The van der Waals surface area contributed by atoms with Crippen molar-refractivity contribution in [3.8, 4) is 0 Å². The van der Waals surface area contributed by atoms with Gasteiger partial charge >= 0.3 is 6.03 Å². The first-order chi connectivity index (χ1) is 6.24. The third-order valence-electron chi connectivity index (χ3n) is 1.83. The minimum atomic E-state index is -0.0310. The smallest absolute Gasteiger partial charge is 0.316 e. The number of thiophene rings is 1. The van der Waals surface area contributed by atoms with E-state index >= 15 is 0 Å². The third-order valence-corrected chi connectivity index (χ3v) is 2.77. The lowest BCUT2D eigenvalue weighted by atomic mass is 10.3. The van der Waals surface area contributed by atoms with Crippen molar-refractivity contribution in [1.29, 1.82) is 0 Å². The molecule has 1 heterocycles. The largest absolute Gasteiger partial charge is 0.341 e. The molecule has 0 atom stereocenters. The van der Waals surface area contributed by atoms with E-state index in [-0.39, 0.29) is 6.03 Å². The molecule has 0 unspecified atom stereocenters. The topological polar surface area (TPSA) is 32.3 Å². The number of hydrogen-bond acceptors (Lipinski definition) is 2. The van der Waals surface area contributed by atoms with Crippen LogP contribution in [0, 0.1) is 0 Å². The molecule has 0 saturated heterocycles. The van der Waals surface area contributed by atoms with Crippen molar-refractivity contribution >= 4 is 17.4 Å². The number of carbonyl (C=O) groups is 1. The molecule has 3 nitrogen and oxygen atoms in total. The molecule has 0 aromatic carbocycles. The average molecular weight is 198 g/mol. The number of urea groups is 1. The van der Waals surface area contributed by atoms with E-state index in [1.54, 1.807) is 30.3 Å². The normalized spacial score (nSPS) is 9.69. The van der Waals surface area contributed by atoms with Gasteiger partial charge in [0.05, 0.1) is 0 Å². The van der Waals surface area contributed by atoms with Crippen molar-refractivity contribution in [2.45, 2.75) is 6.42 Å². The van der Waals surface area contributed by atoms with Gasteiger partial charge in [0, 0.05) is 25.5 Å². The number of rotatable bonds is 3. The molecule has 0 bridgehead atoms. The Morgan fingerprint density at radius 1 is 1.69 bits per heavy atom. The molecule has 0 radical (unpaired) electrons. The van der Waals surface area contributed by atoms with Crippen molar-refractivity contribution in [1.82, 2.24) is 10.2 Å². The first-order valence-corrected chi connectivity index (χ1v) is 5.07. The Bertz CT molecular complexity index is 259. The molecule has 0 aliphatic heterocycles. The van der Waals surface area contributed by atoms with E-state index in [0.29, 0.717) is 0 Å². The Labute approximate surface area is 82.4 Å². The minimum absolute atomic E-state index is 0.0310. The van der Waals surface area contributed by atoms with Crippen LogP contribution in [0.25, 0.3) is 0 Å².